The van der Waals surface area contributed by atoms with Crippen molar-refractivity contribution >= 4 is 110 Å². The zero-order valence-corrected chi connectivity index (χ0v) is 34.6. The Morgan fingerprint density at radius 1 is 0.860 bits per heavy atom. The number of carbonyl (C=O) groups excluding carboxylic acids is 7. The number of rotatable bonds is 16. The molecule has 1 aliphatic heterocycles. The van der Waals surface area contributed by atoms with Crippen LogP contribution in [-0.2, 0) is 63.7 Å². The topological polar surface area (TPSA) is 225 Å². The van der Waals surface area contributed by atoms with E-state index in [1.54, 1.807) is 19.9 Å². The van der Waals surface area contributed by atoms with Crippen molar-refractivity contribution in [2.24, 2.45) is 5.73 Å². The Bertz CT molecular complexity index is 1460. The molecule has 1 saturated heterocycles. The molecule has 0 radical (unpaired) electrons. The van der Waals surface area contributed by atoms with E-state index in [4.69, 9.17) is 38.9 Å². The lowest BCUT2D eigenvalue weighted by Gasteiger charge is -2.38. The average molecular weight is 1050 g/mol. The number of nitrogens with zero attached hydrogens (tertiary/aromatic N) is 1. The molecule has 50 heavy (non-hydrogen) atoms. The fourth-order valence-corrected chi connectivity index (χ4v) is 8.70. The van der Waals surface area contributed by atoms with Gasteiger partial charge in [0.25, 0.3) is 5.91 Å². The van der Waals surface area contributed by atoms with Gasteiger partial charge in [-0.05, 0) is 87.7 Å². The molecule has 1 aromatic rings. The van der Waals surface area contributed by atoms with Crippen LogP contribution in [0, 0.1) is 10.7 Å². The fraction of sp³-hybridized carbons (Fsp3) is 0.567. The SMILES string of the molecule is CC(=O)OCCC1(N(CC(=O)OCc2c(I)cc(I)c(C(=O)NC(COC(C)=O)(COC(C)=O)COC(C)=O)c2I)C(N)=O)COC(C)(C)O1. The second-order valence-corrected chi connectivity index (χ2v) is 14.9. The number of ether oxygens (including phenoxy) is 7. The van der Waals surface area contributed by atoms with Gasteiger partial charge in [-0.2, -0.15) is 0 Å². The van der Waals surface area contributed by atoms with Crippen LogP contribution in [0.4, 0.5) is 4.79 Å². The van der Waals surface area contributed by atoms with Gasteiger partial charge in [-0.1, -0.05) is 0 Å². The van der Waals surface area contributed by atoms with Crippen molar-refractivity contribution in [1.82, 2.24) is 10.2 Å². The maximum atomic E-state index is 13.9. The van der Waals surface area contributed by atoms with Gasteiger partial charge in [-0.15, -0.1) is 0 Å². The Morgan fingerprint density at radius 3 is 1.82 bits per heavy atom. The molecule has 0 bridgehead atoms. The summed E-state index contributed by atoms with van der Waals surface area (Å²) >= 11 is 5.88. The van der Waals surface area contributed by atoms with Crippen LogP contribution >= 0.6 is 67.8 Å². The van der Waals surface area contributed by atoms with Crippen molar-refractivity contribution in [1.29, 1.82) is 0 Å². The largest absolute Gasteiger partial charge is 0.466 e. The van der Waals surface area contributed by atoms with Gasteiger partial charge in [0.15, 0.2) is 11.5 Å². The number of halogens is 3. The first-order valence-corrected chi connectivity index (χ1v) is 18.0. The zero-order chi connectivity index (χ0) is 38.0. The molecule has 1 unspecified atom stereocenters. The number of nitrogens with one attached hydrogen (secondary N) is 1. The third kappa shape index (κ3) is 12.9. The van der Waals surface area contributed by atoms with Gasteiger partial charge in [-0.25, -0.2) is 4.79 Å². The number of hydrogen-bond donors (Lipinski definition) is 2. The van der Waals surface area contributed by atoms with Crippen LogP contribution in [0.25, 0.3) is 0 Å². The number of amides is 3. The Kier molecular flexibility index (Phi) is 16.4. The fourth-order valence-electron chi connectivity index (χ4n) is 4.53. The predicted molar refractivity (Wildman–Crippen MR) is 196 cm³/mol. The van der Waals surface area contributed by atoms with Crippen molar-refractivity contribution in [2.75, 3.05) is 39.6 Å². The van der Waals surface area contributed by atoms with Gasteiger partial charge < -0.3 is 44.2 Å². The molecule has 1 heterocycles. The van der Waals surface area contributed by atoms with Crippen LogP contribution in [0.1, 0.15) is 63.9 Å². The first-order chi connectivity index (χ1) is 23.1. The molecule has 0 spiro atoms. The van der Waals surface area contributed by atoms with Gasteiger partial charge in [0, 0.05) is 50.4 Å². The van der Waals surface area contributed by atoms with Gasteiger partial charge >= 0.3 is 35.9 Å². The van der Waals surface area contributed by atoms with Crippen LogP contribution in [0.15, 0.2) is 6.07 Å². The highest BCUT2D eigenvalue weighted by Crippen LogP contribution is 2.36. The standard InChI is InChI=1S/C30H38I3N3O14/c1-16(37)44-8-7-30(15-49-28(5,6)50-30)36(27(34)43)10-23(41)45-11-20-21(31)9-22(32)24(25(20)33)26(42)35-29(12-46-17(2)38,13-47-18(3)39)14-48-19(4)40/h9H,7-8,10-15H2,1-6H3,(H2,34,43)(H,35,42). The average Bonchev–Trinajstić information content (AvgIpc) is 3.30. The minimum absolute atomic E-state index is 0.0501. The first-order valence-electron chi connectivity index (χ1n) is 14.7. The molecular weight excluding hydrogens is 1010 g/mol. The molecule has 3 N–H and O–H groups in total. The van der Waals surface area contributed by atoms with E-state index in [0.717, 1.165) is 25.7 Å². The number of primary amides is 1. The van der Waals surface area contributed by atoms with Crippen LogP contribution in [0.5, 0.6) is 0 Å². The smallest absolute Gasteiger partial charge is 0.326 e. The molecule has 1 fully saturated rings. The summed E-state index contributed by atoms with van der Waals surface area (Å²) in [4.78, 5) is 87.0. The van der Waals surface area contributed by atoms with Crippen LogP contribution < -0.4 is 11.1 Å². The van der Waals surface area contributed by atoms with Crippen molar-refractivity contribution in [3.8, 4) is 0 Å². The molecule has 20 heteroatoms. The van der Waals surface area contributed by atoms with Gasteiger partial charge in [0.2, 0.25) is 0 Å². The van der Waals surface area contributed by atoms with E-state index in [1.807, 2.05) is 67.8 Å². The monoisotopic (exact) mass is 1040 g/mol. The zero-order valence-electron chi connectivity index (χ0n) is 28.1. The lowest BCUT2D eigenvalue weighted by atomic mass is 10.0. The lowest BCUT2D eigenvalue weighted by Crippen LogP contribution is -2.59. The van der Waals surface area contributed by atoms with E-state index in [0.29, 0.717) is 16.3 Å². The summed E-state index contributed by atoms with van der Waals surface area (Å²) in [6.45, 7) is 5.07. The van der Waals surface area contributed by atoms with E-state index in [9.17, 15) is 33.6 Å². The minimum Gasteiger partial charge on any atom is -0.466 e. The normalized spacial score (nSPS) is 16.5. The van der Waals surface area contributed by atoms with E-state index in [2.05, 4.69) is 5.32 Å². The van der Waals surface area contributed by atoms with E-state index >= 15 is 0 Å². The second-order valence-electron chi connectivity index (χ2n) is 11.5. The van der Waals surface area contributed by atoms with Crippen LogP contribution in [0.3, 0.4) is 0 Å². The quantitative estimate of drug-likeness (QED) is 0.138. The van der Waals surface area contributed by atoms with Crippen LogP contribution in [0.2, 0.25) is 0 Å². The summed E-state index contributed by atoms with van der Waals surface area (Å²) in [6.07, 6.45) is -0.0501. The van der Waals surface area contributed by atoms with Crippen molar-refractivity contribution in [2.45, 2.75) is 71.6 Å². The Morgan fingerprint density at radius 2 is 1.38 bits per heavy atom. The molecule has 2 rings (SSSR count). The number of urea groups is 1. The van der Waals surface area contributed by atoms with E-state index in [-0.39, 0.29) is 31.8 Å². The molecule has 0 aromatic heterocycles. The predicted octanol–water partition coefficient (Wildman–Crippen LogP) is 2.51. The highest BCUT2D eigenvalue weighted by molar-refractivity contribution is 14.1. The maximum Gasteiger partial charge on any atom is 0.326 e. The summed E-state index contributed by atoms with van der Waals surface area (Å²) in [5.41, 5.74) is 3.03. The Labute approximate surface area is 329 Å². The highest BCUT2D eigenvalue weighted by atomic mass is 127. The van der Waals surface area contributed by atoms with Gasteiger partial charge in [0.05, 0.1) is 18.8 Å². The lowest BCUT2D eigenvalue weighted by molar-refractivity contribution is -0.200. The second kappa shape index (κ2) is 18.8. The van der Waals surface area contributed by atoms with E-state index < -0.39 is 85.2 Å². The summed E-state index contributed by atoms with van der Waals surface area (Å²) in [6, 6.07) is 0.655. The third-order valence-electron chi connectivity index (χ3n) is 6.83. The molecule has 17 nitrogen and oxygen atoms in total. The molecular formula is C30H38I3N3O14. The van der Waals surface area contributed by atoms with Crippen LogP contribution in [-0.4, -0.2) is 103 Å². The first kappa shape index (κ1) is 43.6. The molecule has 1 aromatic carbocycles. The third-order valence-corrected chi connectivity index (χ3v) is 9.83. The Hall–Kier alpha value is -2.58. The van der Waals surface area contributed by atoms with E-state index in [1.165, 1.54) is 6.92 Å². The summed E-state index contributed by atoms with van der Waals surface area (Å²) in [7, 11) is 0. The van der Waals surface area contributed by atoms with Gasteiger partial charge in [0.1, 0.15) is 38.5 Å². The number of carbonyl (C=O) groups is 7. The summed E-state index contributed by atoms with van der Waals surface area (Å²) < 4.78 is 39.2. The number of hydrogen-bond acceptors (Lipinski definition) is 14. The molecule has 1 atom stereocenters. The summed E-state index contributed by atoms with van der Waals surface area (Å²) in [5.74, 6) is -5.37. The molecule has 0 saturated carbocycles. The highest BCUT2D eigenvalue weighted by Gasteiger charge is 2.51. The van der Waals surface area contributed by atoms with Crippen molar-refractivity contribution < 1.29 is 66.7 Å². The molecule has 0 aliphatic carbocycles. The molecule has 3 amide bonds. The number of nitrogens with two attached hydrogens (primary N) is 1. The maximum absolute atomic E-state index is 13.9. The minimum atomic E-state index is -1.66. The van der Waals surface area contributed by atoms with Crippen molar-refractivity contribution in [3.63, 3.8) is 0 Å². The van der Waals surface area contributed by atoms with Gasteiger partial charge in [-0.3, -0.25) is 33.7 Å². The molecule has 278 valence electrons. The summed E-state index contributed by atoms with van der Waals surface area (Å²) in [5, 5.41) is 2.70. The Balaban J connectivity index is 2.37. The molecule has 1 aliphatic rings. The number of benzene rings is 1. The number of esters is 5. The van der Waals surface area contributed by atoms with Crippen molar-refractivity contribution in [3.05, 3.63) is 27.9 Å².